The van der Waals surface area contributed by atoms with E-state index in [0.717, 1.165) is 18.6 Å². The Morgan fingerprint density at radius 1 is 1.37 bits per heavy atom. The molecule has 3 rings (SSSR count). The first-order valence-electron chi connectivity index (χ1n) is 9.14. The fourth-order valence-electron chi connectivity index (χ4n) is 2.72. The Labute approximate surface area is 171 Å². The average Bonchev–Trinajstić information content (AvgIpc) is 3.43. The van der Waals surface area contributed by atoms with Crippen molar-refractivity contribution >= 4 is 11.8 Å². The molecule has 1 aliphatic heterocycles. The average molecular weight is 424 g/mol. The number of amides is 2. The highest BCUT2D eigenvalue weighted by molar-refractivity contribution is 5.93. The van der Waals surface area contributed by atoms with Crippen LogP contribution in [-0.4, -0.2) is 53.2 Å². The minimum atomic E-state index is -4.32. The van der Waals surface area contributed by atoms with E-state index in [0.29, 0.717) is 24.2 Å². The number of carbonyl (C=O) groups is 2. The number of nitrogens with zero attached hydrogens (tertiary/aromatic N) is 2. The quantitative estimate of drug-likeness (QED) is 0.723. The number of H-pyrrole nitrogens is 1. The molecular weight excluding hydrogens is 401 g/mol. The molecule has 1 unspecified atom stereocenters. The van der Waals surface area contributed by atoms with E-state index < -0.39 is 11.7 Å². The molecule has 7 nitrogen and oxygen atoms in total. The Morgan fingerprint density at radius 2 is 2.07 bits per heavy atom. The number of nitrogens with one attached hydrogen (secondary N) is 2. The second-order valence-corrected chi connectivity index (χ2v) is 6.47. The summed E-state index contributed by atoms with van der Waals surface area (Å²) in [4.78, 5) is 23.8. The van der Waals surface area contributed by atoms with Gasteiger partial charge in [0.05, 0.1) is 30.0 Å². The number of carbonyl (C=O) groups excluding carboxylic acids is 2. The van der Waals surface area contributed by atoms with Gasteiger partial charge in [-0.2, -0.15) is 18.3 Å². The molecule has 1 aliphatic rings. The van der Waals surface area contributed by atoms with Crippen LogP contribution in [0.3, 0.4) is 0 Å². The summed E-state index contributed by atoms with van der Waals surface area (Å²) in [6.45, 7) is 4.77. The van der Waals surface area contributed by atoms with E-state index in [9.17, 15) is 22.8 Å². The number of hydrogen-bond donors (Lipinski definition) is 2. The number of likely N-dealkylation sites (tertiary alicyclic amines) is 1. The molecule has 1 aromatic heterocycles. The molecule has 2 heterocycles. The largest absolute Gasteiger partial charge is 0.416 e. The topological polar surface area (TPSA) is 87.3 Å². The fraction of sp³-hybridized carbons (Fsp3) is 0.350. The summed E-state index contributed by atoms with van der Waals surface area (Å²) in [7, 11) is 1.58. The van der Waals surface area contributed by atoms with E-state index in [1.54, 1.807) is 18.1 Å². The lowest BCUT2D eigenvalue weighted by Gasteiger charge is -2.15. The molecule has 0 bridgehead atoms. The van der Waals surface area contributed by atoms with Crippen molar-refractivity contribution in [3.05, 3.63) is 66.0 Å². The molecule has 0 saturated carbocycles. The standard InChI is InChI=1S/C15H16F3NO2.C5H7N3O/c1-2-14(20)19-8-7-13(9-19)21-10-11-3-5-12(6-4-11)15(16,17)18;1-6-5(9)4-2-7-8-3-4/h2-6,13H,1,7-10H2;2-3H,1H3,(H,6,9)(H,7,8). The zero-order chi connectivity index (χ0) is 22.1. The first-order chi connectivity index (χ1) is 14.2. The Kier molecular flexibility index (Phi) is 8.16. The Bertz CT molecular complexity index is 836. The molecule has 30 heavy (non-hydrogen) atoms. The summed E-state index contributed by atoms with van der Waals surface area (Å²) in [5, 5.41) is 8.61. The van der Waals surface area contributed by atoms with E-state index in [1.165, 1.54) is 24.4 Å². The van der Waals surface area contributed by atoms with Gasteiger partial charge in [-0.3, -0.25) is 14.7 Å². The summed E-state index contributed by atoms with van der Waals surface area (Å²) in [5.74, 6) is -0.251. The van der Waals surface area contributed by atoms with Crippen LogP contribution in [0.15, 0.2) is 49.3 Å². The van der Waals surface area contributed by atoms with Crippen LogP contribution in [0.2, 0.25) is 0 Å². The summed E-state index contributed by atoms with van der Waals surface area (Å²) < 4.78 is 42.9. The zero-order valence-corrected chi connectivity index (χ0v) is 16.4. The van der Waals surface area contributed by atoms with Crippen LogP contribution in [-0.2, 0) is 22.3 Å². The molecule has 2 amide bonds. The number of rotatable bonds is 5. The monoisotopic (exact) mass is 424 g/mol. The molecule has 2 N–H and O–H groups in total. The van der Waals surface area contributed by atoms with Gasteiger partial charge in [-0.25, -0.2) is 0 Å². The van der Waals surface area contributed by atoms with Gasteiger partial charge in [0.25, 0.3) is 5.91 Å². The van der Waals surface area contributed by atoms with Crippen LogP contribution in [0, 0.1) is 0 Å². The van der Waals surface area contributed by atoms with Gasteiger partial charge in [-0.05, 0) is 30.2 Å². The highest BCUT2D eigenvalue weighted by atomic mass is 19.4. The highest BCUT2D eigenvalue weighted by Gasteiger charge is 2.30. The van der Waals surface area contributed by atoms with Gasteiger partial charge in [0.2, 0.25) is 5.91 Å². The SMILES string of the molecule is C=CC(=O)N1CCC(OCc2ccc(C(F)(F)F)cc2)C1.CNC(=O)c1cn[nH]c1. The third-order valence-electron chi connectivity index (χ3n) is 4.39. The predicted octanol–water partition coefficient (Wildman–Crippen LogP) is 2.78. The minimum absolute atomic E-state index is 0.0869. The van der Waals surface area contributed by atoms with Gasteiger partial charge in [-0.1, -0.05) is 18.7 Å². The maximum Gasteiger partial charge on any atom is 0.416 e. The number of aromatic nitrogens is 2. The molecule has 162 valence electrons. The Hall–Kier alpha value is -3.14. The zero-order valence-electron chi connectivity index (χ0n) is 16.4. The minimum Gasteiger partial charge on any atom is -0.372 e. The lowest BCUT2D eigenvalue weighted by atomic mass is 10.1. The maximum atomic E-state index is 12.4. The number of benzene rings is 1. The highest BCUT2D eigenvalue weighted by Crippen LogP contribution is 2.29. The number of hydrogen-bond acceptors (Lipinski definition) is 4. The molecule has 0 radical (unpaired) electrons. The van der Waals surface area contributed by atoms with Crippen molar-refractivity contribution in [3.63, 3.8) is 0 Å². The van der Waals surface area contributed by atoms with Crippen LogP contribution in [0.5, 0.6) is 0 Å². The second kappa shape index (κ2) is 10.6. The third kappa shape index (κ3) is 6.73. The van der Waals surface area contributed by atoms with E-state index >= 15 is 0 Å². The first-order valence-corrected chi connectivity index (χ1v) is 9.14. The van der Waals surface area contributed by atoms with Gasteiger partial charge in [0.1, 0.15) is 0 Å². The van der Waals surface area contributed by atoms with Gasteiger partial charge >= 0.3 is 6.18 Å². The van der Waals surface area contributed by atoms with Crippen molar-refractivity contribution in [2.45, 2.75) is 25.3 Å². The van der Waals surface area contributed by atoms with E-state index in [1.807, 2.05) is 0 Å². The summed E-state index contributed by atoms with van der Waals surface area (Å²) >= 11 is 0. The first kappa shape index (κ1) is 23.1. The molecule has 2 aromatic rings. The van der Waals surface area contributed by atoms with Gasteiger partial charge < -0.3 is 15.0 Å². The molecule has 0 aliphatic carbocycles. The molecule has 0 spiro atoms. The Morgan fingerprint density at radius 3 is 2.60 bits per heavy atom. The van der Waals surface area contributed by atoms with Crippen molar-refractivity contribution < 1.29 is 27.5 Å². The number of ether oxygens (including phenoxy) is 1. The van der Waals surface area contributed by atoms with Crippen LogP contribution < -0.4 is 5.32 Å². The summed E-state index contributed by atoms with van der Waals surface area (Å²) in [6, 6.07) is 4.90. The van der Waals surface area contributed by atoms with Gasteiger partial charge in [-0.15, -0.1) is 0 Å². The van der Waals surface area contributed by atoms with E-state index in [2.05, 4.69) is 22.1 Å². The molecule has 1 fully saturated rings. The van der Waals surface area contributed by atoms with Crippen LogP contribution in [0.4, 0.5) is 13.2 Å². The normalized spacial score (nSPS) is 15.9. The molecular formula is C20H23F3N4O3. The lowest BCUT2D eigenvalue weighted by molar-refractivity contribution is -0.137. The fourth-order valence-corrected chi connectivity index (χ4v) is 2.72. The second-order valence-electron chi connectivity index (χ2n) is 6.47. The third-order valence-corrected chi connectivity index (χ3v) is 4.39. The van der Waals surface area contributed by atoms with Crippen molar-refractivity contribution in [2.24, 2.45) is 0 Å². The lowest BCUT2D eigenvalue weighted by Crippen LogP contribution is -2.28. The predicted molar refractivity (Wildman–Crippen MR) is 103 cm³/mol. The van der Waals surface area contributed by atoms with Crippen LogP contribution >= 0.6 is 0 Å². The maximum absolute atomic E-state index is 12.4. The van der Waals surface area contributed by atoms with Crippen molar-refractivity contribution in [1.29, 1.82) is 0 Å². The number of aromatic amines is 1. The Balaban J connectivity index is 0.000000297. The number of halogens is 3. The van der Waals surface area contributed by atoms with Crippen molar-refractivity contribution in [1.82, 2.24) is 20.4 Å². The molecule has 1 atom stereocenters. The smallest absolute Gasteiger partial charge is 0.372 e. The van der Waals surface area contributed by atoms with Crippen molar-refractivity contribution in [2.75, 3.05) is 20.1 Å². The summed E-state index contributed by atoms with van der Waals surface area (Å²) in [5.41, 5.74) is 0.559. The number of alkyl halides is 3. The van der Waals surface area contributed by atoms with Gasteiger partial charge in [0.15, 0.2) is 0 Å². The van der Waals surface area contributed by atoms with Gasteiger partial charge in [0, 0.05) is 26.3 Å². The summed E-state index contributed by atoms with van der Waals surface area (Å²) in [6.07, 6.45) is 0.586. The van der Waals surface area contributed by atoms with E-state index in [-0.39, 0.29) is 24.5 Å². The van der Waals surface area contributed by atoms with Crippen LogP contribution in [0.25, 0.3) is 0 Å². The molecule has 10 heteroatoms. The molecule has 1 aromatic carbocycles. The van der Waals surface area contributed by atoms with Crippen molar-refractivity contribution in [3.8, 4) is 0 Å². The van der Waals surface area contributed by atoms with E-state index in [4.69, 9.17) is 4.74 Å². The van der Waals surface area contributed by atoms with Crippen LogP contribution in [0.1, 0.15) is 27.9 Å². The molecule has 1 saturated heterocycles.